The van der Waals surface area contributed by atoms with E-state index in [1.807, 2.05) is 0 Å². The lowest BCUT2D eigenvalue weighted by Crippen LogP contribution is -2.38. The van der Waals surface area contributed by atoms with Crippen LogP contribution in [-0.2, 0) is 0 Å². The van der Waals surface area contributed by atoms with E-state index in [-0.39, 0.29) is 5.71 Å². The summed E-state index contributed by atoms with van der Waals surface area (Å²) in [5.41, 5.74) is 6.53. The molecule has 0 aliphatic carbocycles. The van der Waals surface area contributed by atoms with Gasteiger partial charge >= 0.3 is 0 Å². The van der Waals surface area contributed by atoms with Crippen molar-refractivity contribution in [2.75, 3.05) is 0 Å². The number of allylic oxidation sites excluding steroid dienone is 2. The second-order valence-electron chi connectivity index (χ2n) is 3.93. The van der Waals surface area contributed by atoms with Gasteiger partial charge in [-0.05, 0) is 31.8 Å². The van der Waals surface area contributed by atoms with Crippen molar-refractivity contribution >= 4 is 5.71 Å². The fraction of sp³-hybridized carbons (Fsp3) is 0.583. The summed E-state index contributed by atoms with van der Waals surface area (Å²) in [6.07, 6.45) is 4.39. The summed E-state index contributed by atoms with van der Waals surface area (Å²) in [5, 5.41) is 0. The third-order valence-corrected chi connectivity index (χ3v) is 2.53. The molecule has 2 nitrogen and oxygen atoms in total. The SMILES string of the molecule is C=C/C(=C\N=C(/C)C(C)(N)F)[C@H](C)CC. The van der Waals surface area contributed by atoms with Crippen LogP contribution in [0.1, 0.15) is 34.1 Å². The van der Waals surface area contributed by atoms with E-state index in [0.29, 0.717) is 5.92 Å². The third kappa shape index (κ3) is 4.88. The van der Waals surface area contributed by atoms with Gasteiger partial charge in [-0.2, -0.15) is 0 Å². The van der Waals surface area contributed by atoms with Gasteiger partial charge in [0, 0.05) is 6.20 Å². The van der Waals surface area contributed by atoms with E-state index in [9.17, 15) is 4.39 Å². The van der Waals surface area contributed by atoms with E-state index < -0.39 is 5.79 Å². The van der Waals surface area contributed by atoms with Crippen molar-refractivity contribution in [2.24, 2.45) is 16.6 Å². The molecule has 0 spiro atoms. The molecule has 86 valence electrons. The molecule has 0 aromatic heterocycles. The first kappa shape index (κ1) is 14.0. The molecule has 0 heterocycles. The van der Waals surface area contributed by atoms with Crippen LogP contribution in [0.2, 0.25) is 0 Å². The number of nitrogens with zero attached hydrogens (tertiary/aromatic N) is 1. The molecule has 15 heavy (non-hydrogen) atoms. The van der Waals surface area contributed by atoms with E-state index >= 15 is 0 Å². The van der Waals surface area contributed by atoms with Crippen molar-refractivity contribution in [3.8, 4) is 0 Å². The highest BCUT2D eigenvalue weighted by molar-refractivity contribution is 5.89. The summed E-state index contributed by atoms with van der Waals surface area (Å²) < 4.78 is 13.2. The third-order valence-electron chi connectivity index (χ3n) is 2.53. The van der Waals surface area contributed by atoms with Crippen molar-refractivity contribution in [1.82, 2.24) is 0 Å². The fourth-order valence-electron chi connectivity index (χ4n) is 0.914. The molecule has 2 N–H and O–H groups in total. The summed E-state index contributed by atoms with van der Waals surface area (Å²) in [7, 11) is 0. The molecular formula is C12H21FN2. The Balaban J connectivity index is 4.81. The van der Waals surface area contributed by atoms with Gasteiger partial charge < -0.3 is 0 Å². The minimum absolute atomic E-state index is 0.269. The molecule has 0 bridgehead atoms. The topological polar surface area (TPSA) is 38.4 Å². The first-order valence-corrected chi connectivity index (χ1v) is 5.18. The molecule has 0 aliphatic heterocycles. The van der Waals surface area contributed by atoms with E-state index in [2.05, 4.69) is 25.4 Å². The maximum atomic E-state index is 13.2. The average molecular weight is 212 g/mol. The summed E-state index contributed by atoms with van der Waals surface area (Å²) in [6.45, 7) is 10.7. The molecule has 0 aromatic carbocycles. The van der Waals surface area contributed by atoms with E-state index in [1.165, 1.54) is 6.92 Å². The highest BCUT2D eigenvalue weighted by Gasteiger charge is 2.19. The molecule has 0 saturated heterocycles. The summed E-state index contributed by atoms with van der Waals surface area (Å²) >= 11 is 0. The molecule has 0 fully saturated rings. The molecule has 0 saturated carbocycles. The van der Waals surface area contributed by atoms with Gasteiger partial charge in [-0.1, -0.05) is 26.5 Å². The lowest BCUT2D eigenvalue weighted by Gasteiger charge is -2.13. The van der Waals surface area contributed by atoms with Crippen LogP contribution in [0.15, 0.2) is 29.4 Å². The molecule has 0 radical (unpaired) electrons. The second-order valence-corrected chi connectivity index (χ2v) is 3.93. The minimum Gasteiger partial charge on any atom is -0.295 e. The second kappa shape index (κ2) is 5.81. The number of rotatable bonds is 5. The highest BCUT2D eigenvalue weighted by atomic mass is 19.1. The lowest BCUT2D eigenvalue weighted by atomic mass is 10.00. The number of alkyl halides is 1. The number of aliphatic imine (C=N–C) groups is 1. The monoisotopic (exact) mass is 212 g/mol. The van der Waals surface area contributed by atoms with E-state index in [4.69, 9.17) is 5.73 Å². The maximum Gasteiger partial charge on any atom is 0.194 e. The van der Waals surface area contributed by atoms with Gasteiger partial charge in [-0.25, -0.2) is 4.39 Å². The maximum absolute atomic E-state index is 13.2. The van der Waals surface area contributed by atoms with Crippen LogP contribution in [0.5, 0.6) is 0 Å². The van der Waals surface area contributed by atoms with Crippen LogP contribution < -0.4 is 5.73 Å². The molecule has 0 aliphatic rings. The number of hydrogen-bond donors (Lipinski definition) is 1. The number of hydrogen-bond acceptors (Lipinski definition) is 2. The Morgan fingerprint density at radius 2 is 2.20 bits per heavy atom. The van der Waals surface area contributed by atoms with E-state index in [0.717, 1.165) is 12.0 Å². The smallest absolute Gasteiger partial charge is 0.194 e. The molecular weight excluding hydrogens is 191 g/mol. The zero-order valence-electron chi connectivity index (χ0n) is 10.0. The normalized spacial score (nSPS) is 19.6. The predicted octanol–water partition coefficient (Wildman–Crippen LogP) is 3.21. The Labute approximate surface area is 91.8 Å². The quantitative estimate of drug-likeness (QED) is 0.424. The van der Waals surface area contributed by atoms with Crippen molar-refractivity contribution in [3.05, 3.63) is 24.4 Å². The van der Waals surface area contributed by atoms with Crippen LogP contribution in [-0.4, -0.2) is 11.5 Å². The molecule has 0 aromatic rings. The lowest BCUT2D eigenvalue weighted by molar-refractivity contribution is 0.294. The van der Waals surface area contributed by atoms with Gasteiger partial charge in [0.1, 0.15) is 0 Å². The Kier molecular flexibility index (Phi) is 5.44. The molecule has 3 heteroatoms. The summed E-state index contributed by atoms with van der Waals surface area (Å²) in [5.74, 6) is -1.47. The summed E-state index contributed by atoms with van der Waals surface area (Å²) in [4.78, 5) is 4.02. The van der Waals surface area contributed by atoms with Gasteiger partial charge in [0.15, 0.2) is 5.79 Å². The number of nitrogens with two attached hydrogens (primary N) is 1. The van der Waals surface area contributed by atoms with Crippen molar-refractivity contribution in [1.29, 1.82) is 0 Å². The van der Waals surface area contributed by atoms with Crippen LogP contribution in [0, 0.1) is 5.92 Å². The zero-order valence-corrected chi connectivity index (χ0v) is 10.0. The van der Waals surface area contributed by atoms with Crippen LogP contribution in [0.25, 0.3) is 0 Å². The van der Waals surface area contributed by atoms with Gasteiger partial charge in [-0.3, -0.25) is 10.7 Å². The zero-order chi connectivity index (χ0) is 12.1. The van der Waals surface area contributed by atoms with E-state index in [1.54, 1.807) is 19.2 Å². The fourth-order valence-corrected chi connectivity index (χ4v) is 0.914. The standard InChI is InChI=1S/C12H21FN2/c1-6-9(3)11(7-2)8-15-10(4)12(5,13)14/h7-9H,2,6,14H2,1,3-5H3/b11-8+,15-10+/t9-,12?/m1/s1. The average Bonchev–Trinajstić information content (AvgIpc) is 2.16. The predicted molar refractivity (Wildman–Crippen MR) is 64.5 cm³/mol. The Morgan fingerprint density at radius 1 is 1.67 bits per heavy atom. The van der Waals surface area contributed by atoms with Crippen LogP contribution >= 0.6 is 0 Å². The Morgan fingerprint density at radius 3 is 2.53 bits per heavy atom. The van der Waals surface area contributed by atoms with Gasteiger partial charge in [0.05, 0.1) is 5.71 Å². The highest BCUT2D eigenvalue weighted by Crippen LogP contribution is 2.15. The minimum atomic E-state index is -1.85. The van der Waals surface area contributed by atoms with Gasteiger partial charge in [0.25, 0.3) is 0 Å². The first-order valence-electron chi connectivity index (χ1n) is 5.18. The Hall–Kier alpha value is -0.960. The molecule has 2 atom stereocenters. The van der Waals surface area contributed by atoms with Crippen molar-refractivity contribution in [3.63, 3.8) is 0 Å². The van der Waals surface area contributed by atoms with Gasteiger partial charge in [-0.15, -0.1) is 0 Å². The van der Waals surface area contributed by atoms with Crippen LogP contribution in [0.3, 0.4) is 0 Å². The largest absolute Gasteiger partial charge is 0.295 e. The first-order chi connectivity index (χ1) is 6.82. The molecule has 0 amide bonds. The molecule has 1 unspecified atom stereocenters. The molecule has 0 rings (SSSR count). The van der Waals surface area contributed by atoms with Crippen molar-refractivity contribution < 1.29 is 4.39 Å². The number of halogens is 1. The Bertz CT molecular complexity index is 272. The van der Waals surface area contributed by atoms with Crippen molar-refractivity contribution in [2.45, 2.75) is 39.9 Å². The summed E-state index contributed by atoms with van der Waals surface area (Å²) in [6, 6.07) is 0. The van der Waals surface area contributed by atoms with Gasteiger partial charge in [0.2, 0.25) is 0 Å². The van der Waals surface area contributed by atoms with Crippen LogP contribution in [0.4, 0.5) is 4.39 Å².